The minimum atomic E-state index is 0. The van der Waals surface area contributed by atoms with E-state index in [-0.39, 0.29) is 51.0 Å². The number of hydrogen-bond donors (Lipinski definition) is 0. The monoisotopic (exact) mass is 286 g/mol. The molecule has 0 aromatic heterocycles. The van der Waals surface area contributed by atoms with E-state index in [1.807, 2.05) is 12.2 Å². The number of allylic oxidation sites excluding steroid dienone is 4. The topological polar surface area (TPSA) is 0 Å². The van der Waals surface area contributed by atoms with Crippen LogP contribution in [0.25, 0.3) is 0 Å². The largest absolute Gasteiger partial charge is 4.00 e. The van der Waals surface area contributed by atoms with Gasteiger partial charge in [-0.15, -0.1) is 0 Å². The summed E-state index contributed by atoms with van der Waals surface area (Å²) in [6.07, 6.45) is 6.98. The molecule has 1 aliphatic carbocycles. The molecule has 0 nitrogen and oxygen atoms in total. The Kier molecular flexibility index (Phi) is 35.8. The van der Waals surface area contributed by atoms with Crippen LogP contribution in [0.2, 0.25) is 0 Å². The zero-order chi connectivity index (χ0) is 6.41. The SMILES string of the molecule is [CH2-]C.[Cl-].[Cl-].[S-]C1=CC=CC1.[Zr+4]. The number of halogens is 2. The fourth-order valence-electron chi connectivity index (χ4n) is 0.428. The molecule has 0 heterocycles. The van der Waals surface area contributed by atoms with Crippen molar-refractivity contribution in [1.82, 2.24) is 0 Å². The summed E-state index contributed by atoms with van der Waals surface area (Å²) in [6.45, 7) is 5.00. The van der Waals surface area contributed by atoms with Gasteiger partial charge in [-0.25, -0.2) is 0 Å². The molecule has 0 aromatic rings. The molecule has 0 amide bonds. The smallest absolute Gasteiger partial charge is 1.00 e. The van der Waals surface area contributed by atoms with E-state index in [0.717, 1.165) is 11.3 Å². The second kappa shape index (κ2) is 17.3. The molecule has 0 atom stereocenters. The van der Waals surface area contributed by atoms with Crippen molar-refractivity contribution in [1.29, 1.82) is 0 Å². The first-order chi connectivity index (χ1) is 3.89. The van der Waals surface area contributed by atoms with Crippen LogP contribution >= 0.6 is 0 Å². The van der Waals surface area contributed by atoms with E-state index in [1.54, 1.807) is 6.92 Å². The molecule has 0 bridgehead atoms. The fourth-order valence-corrected chi connectivity index (χ4v) is 0.602. The van der Waals surface area contributed by atoms with Crippen LogP contribution in [0.3, 0.4) is 0 Å². The number of hydrogen-bond acceptors (Lipinski definition) is 1. The van der Waals surface area contributed by atoms with Crippen molar-refractivity contribution in [3.05, 3.63) is 30.1 Å². The van der Waals surface area contributed by atoms with E-state index in [0.29, 0.717) is 0 Å². The van der Waals surface area contributed by atoms with Gasteiger partial charge in [0, 0.05) is 0 Å². The second-order valence-electron chi connectivity index (χ2n) is 1.27. The van der Waals surface area contributed by atoms with Crippen molar-refractivity contribution in [3.8, 4) is 0 Å². The van der Waals surface area contributed by atoms with E-state index in [9.17, 15) is 0 Å². The summed E-state index contributed by atoms with van der Waals surface area (Å²) in [7, 11) is 0. The minimum Gasteiger partial charge on any atom is -1.00 e. The van der Waals surface area contributed by atoms with E-state index in [1.165, 1.54) is 0 Å². The Morgan fingerprint density at radius 1 is 1.36 bits per heavy atom. The average Bonchev–Trinajstić information content (AvgIpc) is 2.24. The number of rotatable bonds is 0. The Balaban J connectivity index is -0.0000000459. The molecule has 0 aromatic carbocycles. The summed E-state index contributed by atoms with van der Waals surface area (Å²) >= 11 is 4.80. The average molecular weight is 288 g/mol. The Morgan fingerprint density at radius 3 is 1.91 bits per heavy atom. The third-order valence-corrected chi connectivity index (χ3v) is 1.04. The molecule has 62 valence electrons. The fraction of sp³-hybridized carbons (Fsp3) is 0.286. The Bertz CT molecular complexity index is 113. The molecular formula is C7H10Cl2SZr. The maximum Gasteiger partial charge on any atom is 4.00 e. The Labute approximate surface area is 106 Å². The Morgan fingerprint density at radius 2 is 1.82 bits per heavy atom. The molecule has 0 N–H and O–H groups in total. The van der Waals surface area contributed by atoms with Crippen molar-refractivity contribution >= 4 is 12.6 Å². The van der Waals surface area contributed by atoms with Gasteiger partial charge in [-0.1, -0.05) is 18.2 Å². The summed E-state index contributed by atoms with van der Waals surface area (Å²) in [6, 6.07) is 0. The van der Waals surface area contributed by atoms with Gasteiger partial charge < -0.3 is 44.4 Å². The van der Waals surface area contributed by atoms with Gasteiger partial charge in [0.1, 0.15) is 0 Å². The molecule has 0 unspecified atom stereocenters. The zero-order valence-corrected chi connectivity index (χ0v) is 11.1. The van der Waals surface area contributed by atoms with Crippen LogP contribution in [0.4, 0.5) is 0 Å². The molecule has 0 spiro atoms. The van der Waals surface area contributed by atoms with Gasteiger partial charge in [0.05, 0.1) is 0 Å². The normalized spacial score (nSPS) is 10.5. The summed E-state index contributed by atoms with van der Waals surface area (Å²) < 4.78 is 0. The van der Waals surface area contributed by atoms with Gasteiger partial charge in [-0.05, 0) is 6.42 Å². The molecule has 0 fully saturated rings. The molecule has 0 radical (unpaired) electrons. The van der Waals surface area contributed by atoms with E-state index in [4.69, 9.17) is 12.6 Å². The van der Waals surface area contributed by atoms with Crippen molar-refractivity contribution in [2.75, 3.05) is 0 Å². The molecule has 4 heteroatoms. The van der Waals surface area contributed by atoms with E-state index in [2.05, 4.69) is 13.0 Å². The standard InChI is InChI=1S/C5H6S.C2H5.2ClH.Zr/c6-5-3-1-2-4-5;1-2;;;/h1-3,6H,4H2;1H2,2H3;2*1H;/q;-1;;;+4/p-3. The molecule has 0 saturated carbocycles. The van der Waals surface area contributed by atoms with Gasteiger partial charge in [-0.3, -0.25) is 0 Å². The predicted octanol–water partition coefficient (Wildman–Crippen LogP) is -3.78. The zero-order valence-electron chi connectivity index (χ0n) is 6.31. The van der Waals surface area contributed by atoms with Crippen LogP contribution in [-0.4, -0.2) is 0 Å². The van der Waals surface area contributed by atoms with Gasteiger partial charge in [0.2, 0.25) is 0 Å². The first kappa shape index (κ1) is 22.7. The first-order valence-corrected chi connectivity index (χ1v) is 3.04. The van der Waals surface area contributed by atoms with E-state index < -0.39 is 0 Å². The van der Waals surface area contributed by atoms with Crippen LogP contribution in [0.15, 0.2) is 23.1 Å². The third-order valence-electron chi connectivity index (χ3n) is 0.737. The first-order valence-electron chi connectivity index (χ1n) is 2.63. The maximum atomic E-state index is 4.80. The summed E-state index contributed by atoms with van der Waals surface area (Å²) in [5.41, 5.74) is 0. The molecule has 1 rings (SSSR count). The van der Waals surface area contributed by atoms with Crippen LogP contribution in [0, 0.1) is 6.92 Å². The maximum absolute atomic E-state index is 4.80. The van der Waals surface area contributed by atoms with Crippen LogP contribution in [0.5, 0.6) is 0 Å². The summed E-state index contributed by atoms with van der Waals surface area (Å²) in [4.78, 5) is 1.05. The summed E-state index contributed by atoms with van der Waals surface area (Å²) in [5.74, 6) is 0. The predicted molar refractivity (Wildman–Crippen MR) is 40.2 cm³/mol. The van der Waals surface area contributed by atoms with Gasteiger partial charge in [-0.2, -0.15) is 11.8 Å². The van der Waals surface area contributed by atoms with E-state index >= 15 is 0 Å². The molecule has 0 saturated heterocycles. The van der Waals surface area contributed by atoms with Crippen molar-refractivity contribution in [3.63, 3.8) is 0 Å². The summed E-state index contributed by atoms with van der Waals surface area (Å²) in [5, 5.41) is 0. The quantitative estimate of drug-likeness (QED) is 0.326. The second-order valence-corrected chi connectivity index (χ2v) is 1.79. The molecule has 1 aliphatic rings. The van der Waals surface area contributed by atoms with Crippen molar-refractivity contribution < 1.29 is 51.0 Å². The van der Waals surface area contributed by atoms with Crippen LogP contribution in [0.1, 0.15) is 13.3 Å². The Hall–Kier alpha value is 1.16. The van der Waals surface area contributed by atoms with Gasteiger partial charge >= 0.3 is 26.2 Å². The van der Waals surface area contributed by atoms with Crippen molar-refractivity contribution in [2.24, 2.45) is 0 Å². The molecule has 0 aliphatic heterocycles. The van der Waals surface area contributed by atoms with Crippen LogP contribution in [-0.2, 0) is 38.8 Å². The third kappa shape index (κ3) is 14.1. The van der Waals surface area contributed by atoms with Gasteiger partial charge in [0.15, 0.2) is 0 Å². The molecule has 11 heavy (non-hydrogen) atoms. The minimum absolute atomic E-state index is 0. The molecular weight excluding hydrogens is 278 g/mol. The van der Waals surface area contributed by atoms with Gasteiger partial charge in [0.25, 0.3) is 0 Å². The van der Waals surface area contributed by atoms with Crippen LogP contribution < -0.4 is 24.8 Å². The van der Waals surface area contributed by atoms with Crippen molar-refractivity contribution in [2.45, 2.75) is 13.3 Å².